The molecule has 0 aliphatic rings. The number of hydrogen-bond acceptors (Lipinski definition) is 3. The molecule has 126 valence electrons. The van der Waals surface area contributed by atoms with Gasteiger partial charge in [-0.15, -0.1) is 0 Å². The number of phenols is 1. The first-order valence-corrected chi connectivity index (χ1v) is 7.99. The SMILES string of the molecule is N[C@@H](C(=O)O)[C@H](c1ccc(-c2ccccc2)cc1)c1cccc(O)c1. The van der Waals surface area contributed by atoms with E-state index in [9.17, 15) is 15.0 Å². The van der Waals surface area contributed by atoms with Crippen LogP contribution in [0.5, 0.6) is 5.75 Å². The van der Waals surface area contributed by atoms with Gasteiger partial charge in [0.2, 0.25) is 0 Å². The van der Waals surface area contributed by atoms with Gasteiger partial charge in [0.15, 0.2) is 0 Å². The van der Waals surface area contributed by atoms with Crippen LogP contribution >= 0.6 is 0 Å². The van der Waals surface area contributed by atoms with Crippen molar-refractivity contribution in [1.29, 1.82) is 0 Å². The maximum atomic E-state index is 11.5. The lowest BCUT2D eigenvalue weighted by atomic mass is 9.84. The molecule has 0 amide bonds. The zero-order valence-corrected chi connectivity index (χ0v) is 13.5. The van der Waals surface area contributed by atoms with Gasteiger partial charge in [-0.05, 0) is 34.4 Å². The van der Waals surface area contributed by atoms with E-state index in [2.05, 4.69) is 0 Å². The summed E-state index contributed by atoms with van der Waals surface area (Å²) < 4.78 is 0. The van der Waals surface area contributed by atoms with Crippen LogP contribution in [0, 0.1) is 0 Å². The number of hydrogen-bond donors (Lipinski definition) is 3. The molecule has 0 radical (unpaired) electrons. The summed E-state index contributed by atoms with van der Waals surface area (Å²) in [6, 6.07) is 23.1. The molecule has 25 heavy (non-hydrogen) atoms. The van der Waals surface area contributed by atoms with E-state index in [1.807, 2.05) is 54.6 Å². The number of phenolic OH excluding ortho intramolecular Hbond substituents is 1. The largest absolute Gasteiger partial charge is 0.508 e. The number of aliphatic carboxylic acids is 1. The second-order valence-corrected chi connectivity index (χ2v) is 5.92. The van der Waals surface area contributed by atoms with Crippen molar-refractivity contribution in [1.82, 2.24) is 0 Å². The molecule has 4 nitrogen and oxygen atoms in total. The highest BCUT2D eigenvalue weighted by Crippen LogP contribution is 2.31. The topological polar surface area (TPSA) is 83.6 Å². The standard InChI is InChI=1S/C21H19NO3/c22-20(21(24)25)19(17-7-4-8-18(23)13-17)16-11-9-15(10-12-16)14-5-2-1-3-6-14/h1-13,19-20,23H,22H2,(H,24,25)/t19-,20-/m1/s1. The maximum Gasteiger partial charge on any atom is 0.321 e. The second-order valence-electron chi connectivity index (χ2n) is 5.92. The molecule has 0 unspecified atom stereocenters. The molecular weight excluding hydrogens is 314 g/mol. The third-order valence-electron chi connectivity index (χ3n) is 4.25. The summed E-state index contributed by atoms with van der Waals surface area (Å²) in [5.74, 6) is -1.55. The molecule has 0 bridgehead atoms. The van der Waals surface area contributed by atoms with Gasteiger partial charge in [0, 0.05) is 5.92 Å². The molecule has 4 N–H and O–H groups in total. The summed E-state index contributed by atoms with van der Waals surface area (Å²) in [4.78, 5) is 11.5. The monoisotopic (exact) mass is 333 g/mol. The lowest BCUT2D eigenvalue weighted by molar-refractivity contribution is -0.138. The Balaban J connectivity index is 2.00. The van der Waals surface area contributed by atoms with Crippen LogP contribution < -0.4 is 5.73 Å². The minimum atomic E-state index is -1.11. The number of carboxylic acids is 1. The Labute approximate surface area is 146 Å². The number of nitrogens with two attached hydrogens (primary N) is 1. The van der Waals surface area contributed by atoms with Crippen molar-refractivity contribution in [2.45, 2.75) is 12.0 Å². The predicted octanol–water partition coefficient (Wildman–Crippen LogP) is 3.60. The van der Waals surface area contributed by atoms with Crippen LogP contribution in [0.15, 0.2) is 78.9 Å². The average Bonchev–Trinajstić information content (AvgIpc) is 2.63. The summed E-state index contributed by atoms with van der Waals surface area (Å²) >= 11 is 0. The van der Waals surface area contributed by atoms with Gasteiger partial charge in [0.1, 0.15) is 11.8 Å². The Hall–Kier alpha value is -3.11. The van der Waals surface area contributed by atoms with Crippen LogP contribution in [0.25, 0.3) is 11.1 Å². The molecule has 0 aromatic heterocycles. The van der Waals surface area contributed by atoms with Crippen molar-refractivity contribution >= 4 is 5.97 Å². The van der Waals surface area contributed by atoms with Gasteiger partial charge in [-0.2, -0.15) is 0 Å². The third kappa shape index (κ3) is 3.70. The first kappa shape index (κ1) is 16.7. The summed E-state index contributed by atoms with van der Waals surface area (Å²) in [5.41, 5.74) is 9.54. The van der Waals surface area contributed by atoms with Crippen LogP contribution in [0.4, 0.5) is 0 Å². The van der Waals surface area contributed by atoms with E-state index in [0.717, 1.165) is 16.7 Å². The third-order valence-corrected chi connectivity index (χ3v) is 4.25. The molecule has 0 saturated carbocycles. The lowest BCUT2D eigenvalue weighted by Gasteiger charge is -2.22. The molecular formula is C21H19NO3. The number of rotatable bonds is 5. The van der Waals surface area contributed by atoms with Gasteiger partial charge in [0.25, 0.3) is 0 Å². The van der Waals surface area contributed by atoms with Gasteiger partial charge in [-0.25, -0.2) is 0 Å². The number of aromatic hydroxyl groups is 1. The molecule has 0 heterocycles. The first-order chi connectivity index (χ1) is 12.1. The van der Waals surface area contributed by atoms with Crippen LogP contribution in [-0.4, -0.2) is 22.2 Å². The Kier molecular flexibility index (Phi) is 4.82. The van der Waals surface area contributed by atoms with E-state index in [0.29, 0.717) is 5.56 Å². The van der Waals surface area contributed by atoms with Crippen LogP contribution in [-0.2, 0) is 4.79 Å². The fourth-order valence-electron chi connectivity index (χ4n) is 2.98. The number of carbonyl (C=O) groups is 1. The fourth-order valence-corrected chi connectivity index (χ4v) is 2.98. The van der Waals surface area contributed by atoms with Gasteiger partial charge < -0.3 is 15.9 Å². The predicted molar refractivity (Wildman–Crippen MR) is 97.4 cm³/mol. The Morgan fingerprint density at radius 3 is 2.04 bits per heavy atom. The van der Waals surface area contributed by atoms with E-state index in [4.69, 9.17) is 5.73 Å². The quantitative estimate of drug-likeness (QED) is 0.666. The molecule has 4 heteroatoms. The van der Waals surface area contributed by atoms with Gasteiger partial charge in [-0.3, -0.25) is 4.79 Å². The highest BCUT2D eigenvalue weighted by Gasteiger charge is 2.27. The first-order valence-electron chi connectivity index (χ1n) is 7.99. The molecule has 3 aromatic carbocycles. The smallest absolute Gasteiger partial charge is 0.321 e. The summed E-state index contributed by atoms with van der Waals surface area (Å²) in [6.45, 7) is 0. The molecule has 0 saturated heterocycles. The van der Waals surface area contributed by atoms with Gasteiger partial charge in [0.05, 0.1) is 0 Å². The number of benzene rings is 3. The van der Waals surface area contributed by atoms with Gasteiger partial charge >= 0.3 is 5.97 Å². The molecule has 3 rings (SSSR count). The van der Waals surface area contributed by atoms with Crippen LogP contribution in [0.1, 0.15) is 17.0 Å². The Morgan fingerprint density at radius 1 is 0.800 bits per heavy atom. The van der Waals surface area contributed by atoms with Crippen LogP contribution in [0.3, 0.4) is 0 Å². The summed E-state index contributed by atoms with van der Waals surface area (Å²) in [7, 11) is 0. The van der Waals surface area contributed by atoms with Gasteiger partial charge in [-0.1, -0.05) is 66.7 Å². The Morgan fingerprint density at radius 2 is 1.44 bits per heavy atom. The summed E-state index contributed by atoms with van der Waals surface area (Å²) in [5, 5.41) is 19.1. The van der Waals surface area contributed by atoms with Crippen molar-refractivity contribution in [2.24, 2.45) is 5.73 Å². The van der Waals surface area contributed by atoms with Crippen molar-refractivity contribution in [3.05, 3.63) is 90.0 Å². The average molecular weight is 333 g/mol. The number of carboxylic acid groups (broad SMARTS) is 1. The van der Waals surface area contributed by atoms with E-state index in [1.165, 1.54) is 0 Å². The van der Waals surface area contributed by atoms with E-state index < -0.39 is 17.9 Å². The highest BCUT2D eigenvalue weighted by molar-refractivity contribution is 5.76. The maximum absolute atomic E-state index is 11.5. The van der Waals surface area contributed by atoms with Crippen molar-refractivity contribution in [3.63, 3.8) is 0 Å². The molecule has 0 aliphatic heterocycles. The molecule has 3 aromatic rings. The van der Waals surface area contributed by atoms with Crippen molar-refractivity contribution in [2.75, 3.05) is 0 Å². The minimum Gasteiger partial charge on any atom is -0.508 e. The molecule has 0 aliphatic carbocycles. The minimum absolute atomic E-state index is 0.0843. The van der Waals surface area contributed by atoms with Crippen molar-refractivity contribution in [3.8, 4) is 16.9 Å². The van der Waals surface area contributed by atoms with Crippen LogP contribution in [0.2, 0.25) is 0 Å². The zero-order chi connectivity index (χ0) is 17.8. The summed E-state index contributed by atoms with van der Waals surface area (Å²) in [6.07, 6.45) is 0. The highest BCUT2D eigenvalue weighted by atomic mass is 16.4. The zero-order valence-electron chi connectivity index (χ0n) is 13.5. The second kappa shape index (κ2) is 7.20. The molecule has 0 fully saturated rings. The lowest BCUT2D eigenvalue weighted by Crippen LogP contribution is -2.37. The fraction of sp³-hybridized carbons (Fsp3) is 0.0952. The van der Waals surface area contributed by atoms with E-state index in [1.54, 1.807) is 24.3 Å². The van der Waals surface area contributed by atoms with Crippen molar-refractivity contribution < 1.29 is 15.0 Å². The molecule has 2 atom stereocenters. The van der Waals surface area contributed by atoms with E-state index >= 15 is 0 Å². The normalized spacial score (nSPS) is 13.2. The molecule has 0 spiro atoms. The Bertz CT molecular complexity index is 860. The van der Waals surface area contributed by atoms with E-state index in [-0.39, 0.29) is 5.75 Å².